The van der Waals surface area contributed by atoms with Crippen LogP contribution in [0.2, 0.25) is 24.7 Å². The zero-order valence-electron chi connectivity index (χ0n) is 19.0. The molecule has 0 aliphatic rings. The third-order valence-electron chi connectivity index (χ3n) is 4.90. The normalized spacial score (nSPS) is 12.6. The van der Waals surface area contributed by atoms with Crippen molar-refractivity contribution in [2.45, 2.75) is 58.3 Å². The van der Waals surface area contributed by atoms with E-state index in [1.165, 1.54) is 10.4 Å². The molecule has 3 heteroatoms. The molecule has 2 aromatic rings. The van der Waals surface area contributed by atoms with Gasteiger partial charge in [0, 0.05) is 6.61 Å². The van der Waals surface area contributed by atoms with E-state index in [0.717, 1.165) is 19.4 Å². The minimum absolute atomic E-state index is 0.0361. The summed E-state index contributed by atoms with van der Waals surface area (Å²) in [7, 11) is -3.68. The largest absolute Gasteiger partial charge is 0.407 e. The van der Waals surface area contributed by atoms with Crippen molar-refractivity contribution in [2.75, 3.05) is 6.61 Å². The van der Waals surface area contributed by atoms with E-state index in [0.29, 0.717) is 0 Å². The van der Waals surface area contributed by atoms with Crippen LogP contribution in [0.15, 0.2) is 72.8 Å². The third-order valence-corrected chi connectivity index (χ3v) is 10.8. The molecule has 0 radical (unpaired) electrons. The summed E-state index contributed by atoms with van der Waals surface area (Å²) in [6, 6.07) is 21.7. The summed E-state index contributed by atoms with van der Waals surface area (Å²) >= 11 is 0. The van der Waals surface area contributed by atoms with Crippen LogP contribution < -0.4 is 10.4 Å². The highest BCUT2D eigenvalue weighted by Gasteiger charge is 2.49. The Balaban J connectivity index is 2.19. The Kier molecular flexibility index (Phi) is 8.27. The van der Waals surface area contributed by atoms with Gasteiger partial charge in [-0.1, -0.05) is 113 Å². The average molecular weight is 421 g/mol. The van der Waals surface area contributed by atoms with E-state index < -0.39 is 16.4 Å². The lowest BCUT2D eigenvalue weighted by molar-refractivity contribution is 0.293. The lowest BCUT2D eigenvalue weighted by Crippen LogP contribution is -2.66. The molecular weight excluding hydrogens is 384 g/mol. The second kappa shape index (κ2) is 10.2. The molecule has 0 fully saturated rings. The summed E-state index contributed by atoms with van der Waals surface area (Å²) in [6.07, 6.45) is 6.21. The molecule has 0 atom stereocenters. The maximum Gasteiger partial charge on any atom is 0.261 e. The van der Waals surface area contributed by atoms with Crippen LogP contribution in [0.25, 0.3) is 0 Å². The summed E-state index contributed by atoms with van der Waals surface area (Å²) in [4.78, 5) is 0. The standard InChI is InChI=1S/C26H36OSi2/c1-26(2,3)29(24-18-12-10-13-19-24,25-20-14-11-15-21-25)27-22-16-8-7-9-17-23-28(4,5)6/h7,9-15,18-21H,8,16,22H2,1-6H3/b9-7-. The van der Waals surface area contributed by atoms with Crippen LogP contribution in [0.1, 0.15) is 33.6 Å². The van der Waals surface area contributed by atoms with Crippen molar-refractivity contribution in [3.8, 4) is 11.5 Å². The first-order valence-electron chi connectivity index (χ1n) is 10.6. The van der Waals surface area contributed by atoms with Gasteiger partial charge in [0.15, 0.2) is 0 Å². The zero-order valence-corrected chi connectivity index (χ0v) is 21.0. The van der Waals surface area contributed by atoms with Crippen molar-refractivity contribution in [1.82, 2.24) is 0 Å². The van der Waals surface area contributed by atoms with Crippen LogP contribution in [0, 0.1) is 11.5 Å². The fourth-order valence-electron chi connectivity index (χ4n) is 3.59. The number of hydrogen-bond donors (Lipinski definition) is 0. The summed E-state index contributed by atoms with van der Waals surface area (Å²) in [6.45, 7) is 14.5. The van der Waals surface area contributed by atoms with Gasteiger partial charge in [-0.25, -0.2) is 0 Å². The highest BCUT2D eigenvalue weighted by molar-refractivity contribution is 6.99. The van der Waals surface area contributed by atoms with Crippen molar-refractivity contribution < 1.29 is 4.43 Å². The molecule has 0 unspecified atom stereocenters. The Morgan fingerprint density at radius 2 is 1.38 bits per heavy atom. The van der Waals surface area contributed by atoms with Gasteiger partial charge in [-0.2, -0.15) is 0 Å². The van der Waals surface area contributed by atoms with Gasteiger partial charge >= 0.3 is 0 Å². The summed E-state index contributed by atoms with van der Waals surface area (Å²) in [5.41, 5.74) is 3.38. The highest BCUT2D eigenvalue weighted by atomic mass is 28.4. The van der Waals surface area contributed by atoms with E-state index in [1.807, 2.05) is 6.08 Å². The van der Waals surface area contributed by atoms with Crippen molar-refractivity contribution >= 4 is 26.8 Å². The van der Waals surface area contributed by atoms with Crippen molar-refractivity contribution in [1.29, 1.82) is 0 Å². The molecule has 0 saturated carbocycles. The molecule has 29 heavy (non-hydrogen) atoms. The van der Waals surface area contributed by atoms with Crippen LogP contribution in [-0.2, 0) is 4.43 Å². The first kappa shape index (κ1) is 23.4. The Hall–Kier alpha value is -1.87. The Morgan fingerprint density at radius 3 is 1.83 bits per heavy atom. The van der Waals surface area contributed by atoms with Crippen molar-refractivity contribution in [2.24, 2.45) is 0 Å². The minimum Gasteiger partial charge on any atom is -0.407 e. The zero-order chi connectivity index (χ0) is 21.4. The predicted octanol–water partition coefficient (Wildman–Crippen LogP) is 5.78. The quantitative estimate of drug-likeness (QED) is 0.313. The number of benzene rings is 2. The van der Waals surface area contributed by atoms with Crippen LogP contribution in [0.3, 0.4) is 0 Å². The van der Waals surface area contributed by atoms with E-state index in [2.05, 4.69) is 119 Å². The van der Waals surface area contributed by atoms with E-state index >= 15 is 0 Å². The van der Waals surface area contributed by atoms with E-state index in [9.17, 15) is 0 Å². The number of unbranched alkanes of at least 4 members (excludes halogenated alkanes) is 1. The molecule has 154 valence electrons. The summed E-state index contributed by atoms with van der Waals surface area (Å²) in [5, 5.41) is 2.72. The van der Waals surface area contributed by atoms with E-state index in [1.54, 1.807) is 0 Å². The van der Waals surface area contributed by atoms with Crippen molar-refractivity contribution in [3.05, 3.63) is 72.8 Å². The first-order chi connectivity index (χ1) is 13.7. The SMILES string of the molecule is CC(C)(C)[Si](OCCC/C=C\C#C[Si](C)(C)C)(c1ccccc1)c1ccccc1. The third kappa shape index (κ3) is 6.57. The minimum atomic E-state index is -2.40. The van der Waals surface area contributed by atoms with Gasteiger partial charge in [0.25, 0.3) is 8.32 Å². The van der Waals surface area contributed by atoms with Gasteiger partial charge in [-0.05, 0) is 34.3 Å². The Bertz CT molecular complexity index is 792. The second-order valence-corrected chi connectivity index (χ2v) is 18.6. The molecule has 0 aromatic heterocycles. The molecule has 2 rings (SSSR count). The molecule has 0 saturated heterocycles. The molecule has 2 aromatic carbocycles. The van der Waals surface area contributed by atoms with Crippen LogP contribution >= 0.6 is 0 Å². The number of rotatable bonds is 7. The van der Waals surface area contributed by atoms with Gasteiger partial charge < -0.3 is 4.43 Å². The van der Waals surface area contributed by atoms with E-state index in [4.69, 9.17) is 4.43 Å². The molecule has 0 heterocycles. The fourth-order valence-corrected chi connectivity index (χ4v) is 8.71. The lowest BCUT2D eigenvalue weighted by Gasteiger charge is -2.43. The molecule has 0 N–H and O–H groups in total. The predicted molar refractivity (Wildman–Crippen MR) is 133 cm³/mol. The molecule has 0 aliphatic heterocycles. The molecule has 0 amide bonds. The molecule has 0 bridgehead atoms. The van der Waals surface area contributed by atoms with Gasteiger partial charge in [-0.3, -0.25) is 0 Å². The molecule has 0 spiro atoms. The summed E-state index contributed by atoms with van der Waals surface area (Å²) < 4.78 is 6.90. The lowest BCUT2D eigenvalue weighted by atomic mass is 10.2. The van der Waals surface area contributed by atoms with Crippen molar-refractivity contribution in [3.63, 3.8) is 0 Å². The Morgan fingerprint density at radius 1 is 0.862 bits per heavy atom. The maximum atomic E-state index is 6.90. The topological polar surface area (TPSA) is 9.23 Å². The van der Waals surface area contributed by atoms with Gasteiger partial charge in [0.05, 0.1) is 0 Å². The molecular formula is C26H36OSi2. The van der Waals surface area contributed by atoms with Gasteiger partial charge in [0.1, 0.15) is 8.07 Å². The summed E-state index contributed by atoms with van der Waals surface area (Å²) in [5.74, 6) is 3.21. The van der Waals surface area contributed by atoms with Crippen LogP contribution in [-0.4, -0.2) is 23.0 Å². The van der Waals surface area contributed by atoms with Gasteiger partial charge in [0.2, 0.25) is 0 Å². The highest BCUT2D eigenvalue weighted by Crippen LogP contribution is 2.36. The number of allylic oxidation sites excluding steroid dienone is 2. The van der Waals surface area contributed by atoms with Gasteiger partial charge in [-0.15, -0.1) is 5.54 Å². The average Bonchev–Trinajstić information content (AvgIpc) is 2.66. The smallest absolute Gasteiger partial charge is 0.261 e. The monoisotopic (exact) mass is 420 g/mol. The van der Waals surface area contributed by atoms with E-state index in [-0.39, 0.29) is 5.04 Å². The molecule has 1 nitrogen and oxygen atoms in total. The maximum absolute atomic E-state index is 6.90. The second-order valence-electron chi connectivity index (χ2n) is 9.58. The first-order valence-corrected chi connectivity index (χ1v) is 16.0. The Labute approximate surface area is 180 Å². The molecule has 0 aliphatic carbocycles. The number of hydrogen-bond acceptors (Lipinski definition) is 1. The van der Waals surface area contributed by atoms with Crippen LogP contribution in [0.4, 0.5) is 0 Å². The fraction of sp³-hybridized carbons (Fsp3) is 0.385. The van der Waals surface area contributed by atoms with Crippen LogP contribution in [0.5, 0.6) is 0 Å².